The van der Waals surface area contributed by atoms with Crippen molar-refractivity contribution in [1.29, 1.82) is 0 Å². The van der Waals surface area contributed by atoms with Crippen molar-refractivity contribution in [1.82, 2.24) is 9.78 Å². The molecule has 106 valence electrons. The summed E-state index contributed by atoms with van der Waals surface area (Å²) in [5, 5.41) is 4.51. The molecule has 1 saturated carbocycles. The quantitative estimate of drug-likeness (QED) is 0.849. The van der Waals surface area contributed by atoms with E-state index in [4.69, 9.17) is 10.2 Å². The summed E-state index contributed by atoms with van der Waals surface area (Å²) >= 11 is 0. The average molecular weight is 273 g/mol. The fourth-order valence-corrected chi connectivity index (χ4v) is 2.73. The van der Waals surface area contributed by atoms with E-state index < -0.39 is 0 Å². The summed E-state index contributed by atoms with van der Waals surface area (Å²) in [6.45, 7) is 0.309. The minimum absolute atomic E-state index is 0.0543. The van der Waals surface area contributed by atoms with E-state index in [1.807, 2.05) is 16.9 Å². The van der Waals surface area contributed by atoms with Gasteiger partial charge in [0.1, 0.15) is 5.76 Å². The highest BCUT2D eigenvalue weighted by molar-refractivity contribution is 5.94. The van der Waals surface area contributed by atoms with Crippen LogP contribution in [0.1, 0.15) is 53.7 Å². The molecule has 20 heavy (non-hydrogen) atoms. The summed E-state index contributed by atoms with van der Waals surface area (Å²) in [4.78, 5) is 12.1. The monoisotopic (exact) mass is 273 g/mol. The maximum absolute atomic E-state index is 12.1. The van der Waals surface area contributed by atoms with Crippen molar-refractivity contribution in [2.45, 2.75) is 44.7 Å². The highest BCUT2D eigenvalue weighted by Gasteiger charge is 2.19. The highest BCUT2D eigenvalue weighted by Crippen LogP contribution is 2.28. The molecule has 0 radical (unpaired) electrons. The topological polar surface area (TPSA) is 74.1 Å². The van der Waals surface area contributed by atoms with E-state index in [0.29, 0.717) is 24.1 Å². The number of carbonyl (C=O) groups excluding carboxylic acids is 1. The zero-order chi connectivity index (χ0) is 13.9. The molecule has 2 heterocycles. The van der Waals surface area contributed by atoms with Crippen molar-refractivity contribution >= 4 is 5.78 Å². The fraction of sp³-hybridized carbons (Fsp3) is 0.467. The lowest BCUT2D eigenvalue weighted by Crippen LogP contribution is -2.08. The van der Waals surface area contributed by atoms with E-state index >= 15 is 0 Å². The minimum atomic E-state index is -0.0543. The second-order valence-electron chi connectivity index (χ2n) is 5.30. The molecule has 0 aliphatic heterocycles. The van der Waals surface area contributed by atoms with Gasteiger partial charge in [0.05, 0.1) is 24.7 Å². The Hall–Kier alpha value is -1.88. The van der Waals surface area contributed by atoms with Crippen LogP contribution in [0, 0.1) is 0 Å². The summed E-state index contributed by atoms with van der Waals surface area (Å²) in [6, 6.07) is 5.84. The molecular formula is C15H19N3O2. The van der Waals surface area contributed by atoms with Gasteiger partial charge in [-0.05, 0) is 31.0 Å². The minimum Gasteiger partial charge on any atom is -0.457 e. The molecule has 1 aliphatic carbocycles. The van der Waals surface area contributed by atoms with Crippen molar-refractivity contribution < 1.29 is 9.21 Å². The first-order valence-electron chi connectivity index (χ1n) is 7.12. The Labute approximate surface area is 117 Å². The van der Waals surface area contributed by atoms with Crippen LogP contribution in [0.3, 0.4) is 0 Å². The Morgan fingerprint density at radius 3 is 2.85 bits per heavy atom. The molecule has 0 spiro atoms. The zero-order valence-corrected chi connectivity index (χ0v) is 11.4. The molecule has 2 aromatic heterocycles. The number of furan rings is 1. The third-order valence-corrected chi connectivity index (χ3v) is 3.84. The van der Waals surface area contributed by atoms with Crippen molar-refractivity contribution in [2.24, 2.45) is 5.73 Å². The van der Waals surface area contributed by atoms with Crippen LogP contribution >= 0.6 is 0 Å². The molecule has 0 bridgehead atoms. The number of hydrogen-bond donors (Lipinski definition) is 1. The Kier molecular flexibility index (Phi) is 3.69. The van der Waals surface area contributed by atoms with E-state index in [0.717, 1.165) is 5.69 Å². The first-order valence-corrected chi connectivity index (χ1v) is 7.12. The standard InChI is InChI=1S/C15H19N3O2/c16-10-13-5-6-15(20-13)14(19)9-11-7-8-18(17-11)12-3-1-2-4-12/h5-8,12H,1-4,9-10,16H2. The summed E-state index contributed by atoms with van der Waals surface area (Å²) in [7, 11) is 0. The second-order valence-corrected chi connectivity index (χ2v) is 5.30. The summed E-state index contributed by atoms with van der Waals surface area (Å²) < 4.78 is 7.37. The number of ketones is 1. The Morgan fingerprint density at radius 2 is 2.15 bits per heavy atom. The smallest absolute Gasteiger partial charge is 0.203 e. The zero-order valence-electron chi connectivity index (χ0n) is 11.4. The van der Waals surface area contributed by atoms with Gasteiger partial charge in [-0.3, -0.25) is 9.48 Å². The van der Waals surface area contributed by atoms with E-state index in [1.165, 1.54) is 25.7 Å². The number of aromatic nitrogens is 2. The molecule has 3 rings (SSSR count). The predicted molar refractivity (Wildman–Crippen MR) is 74.4 cm³/mol. The number of nitrogens with zero attached hydrogens (tertiary/aromatic N) is 2. The number of Topliss-reactive ketones (excluding diaryl/α,β-unsaturated/α-hetero) is 1. The first-order chi connectivity index (χ1) is 9.76. The summed E-state index contributed by atoms with van der Waals surface area (Å²) in [5.41, 5.74) is 6.27. The maximum Gasteiger partial charge on any atom is 0.203 e. The van der Waals surface area contributed by atoms with Crippen LogP contribution < -0.4 is 5.73 Å². The molecule has 0 atom stereocenters. The van der Waals surface area contributed by atoms with Gasteiger partial charge in [0.15, 0.2) is 5.76 Å². The lowest BCUT2D eigenvalue weighted by Gasteiger charge is -2.08. The SMILES string of the molecule is NCc1ccc(C(=O)Cc2ccn(C3CCCC3)n2)o1. The van der Waals surface area contributed by atoms with Gasteiger partial charge in [-0.15, -0.1) is 0 Å². The van der Waals surface area contributed by atoms with Gasteiger partial charge in [0, 0.05) is 6.20 Å². The van der Waals surface area contributed by atoms with Gasteiger partial charge >= 0.3 is 0 Å². The van der Waals surface area contributed by atoms with E-state index in [2.05, 4.69) is 5.10 Å². The third-order valence-electron chi connectivity index (χ3n) is 3.84. The van der Waals surface area contributed by atoms with Gasteiger partial charge in [-0.1, -0.05) is 12.8 Å². The largest absolute Gasteiger partial charge is 0.457 e. The Bertz CT molecular complexity index is 594. The Morgan fingerprint density at radius 1 is 1.35 bits per heavy atom. The normalized spacial score (nSPS) is 15.8. The van der Waals surface area contributed by atoms with Crippen LogP contribution in [0.4, 0.5) is 0 Å². The molecule has 0 unspecified atom stereocenters. The molecular weight excluding hydrogens is 254 g/mol. The predicted octanol–water partition coefficient (Wildman–Crippen LogP) is 2.48. The van der Waals surface area contributed by atoms with Gasteiger partial charge in [-0.2, -0.15) is 5.10 Å². The van der Waals surface area contributed by atoms with Crippen LogP contribution in [0.5, 0.6) is 0 Å². The second kappa shape index (κ2) is 5.63. The van der Waals surface area contributed by atoms with E-state index in [-0.39, 0.29) is 12.2 Å². The van der Waals surface area contributed by atoms with Crippen LogP contribution in [-0.4, -0.2) is 15.6 Å². The molecule has 5 heteroatoms. The van der Waals surface area contributed by atoms with Gasteiger partial charge in [0.2, 0.25) is 5.78 Å². The maximum atomic E-state index is 12.1. The van der Waals surface area contributed by atoms with Gasteiger partial charge < -0.3 is 10.2 Å². The highest BCUT2D eigenvalue weighted by atomic mass is 16.3. The van der Waals surface area contributed by atoms with Crippen molar-refractivity contribution in [3.8, 4) is 0 Å². The van der Waals surface area contributed by atoms with Gasteiger partial charge in [-0.25, -0.2) is 0 Å². The lowest BCUT2D eigenvalue weighted by molar-refractivity contribution is 0.0963. The molecule has 1 fully saturated rings. The number of carbonyl (C=O) groups is 1. The Balaban J connectivity index is 1.66. The van der Waals surface area contributed by atoms with Crippen molar-refractivity contribution in [3.05, 3.63) is 41.6 Å². The van der Waals surface area contributed by atoms with Crippen LogP contribution in [0.25, 0.3) is 0 Å². The van der Waals surface area contributed by atoms with E-state index in [1.54, 1.807) is 12.1 Å². The summed E-state index contributed by atoms with van der Waals surface area (Å²) in [6.07, 6.45) is 7.17. The average Bonchev–Trinajstić information content (AvgIpc) is 3.19. The van der Waals surface area contributed by atoms with Gasteiger partial charge in [0.25, 0.3) is 0 Å². The lowest BCUT2D eigenvalue weighted by atomic mass is 10.2. The number of nitrogens with two attached hydrogens (primary N) is 1. The van der Waals surface area contributed by atoms with Crippen molar-refractivity contribution in [3.63, 3.8) is 0 Å². The van der Waals surface area contributed by atoms with Crippen LogP contribution in [0.2, 0.25) is 0 Å². The third kappa shape index (κ3) is 2.67. The van der Waals surface area contributed by atoms with E-state index in [9.17, 15) is 4.79 Å². The van der Waals surface area contributed by atoms with Crippen molar-refractivity contribution in [2.75, 3.05) is 0 Å². The molecule has 0 amide bonds. The molecule has 1 aliphatic rings. The summed E-state index contributed by atoms with van der Waals surface area (Å²) in [5.74, 6) is 0.937. The molecule has 2 N–H and O–H groups in total. The molecule has 2 aromatic rings. The van der Waals surface area contributed by atoms with Crippen LogP contribution in [0.15, 0.2) is 28.8 Å². The molecule has 5 nitrogen and oxygen atoms in total. The van der Waals surface area contributed by atoms with Crippen LogP contribution in [-0.2, 0) is 13.0 Å². The number of rotatable bonds is 5. The first kappa shape index (κ1) is 13.1. The number of hydrogen-bond acceptors (Lipinski definition) is 4. The molecule has 0 aromatic carbocycles. The molecule has 0 saturated heterocycles. The fourth-order valence-electron chi connectivity index (χ4n) is 2.73.